The molecule has 0 atom stereocenters. The highest BCUT2D eigenvalue weighted by molar-refractivity contribution is 7.92. The van der Waals surface area contributed by atoms with Gasteiger partial charge in [-0.15, -0.1) is 0 Å². The molecule has 1 aromatic heterocycles. The minimum atomic E-state index is -4.87. The Balaban J connectivity index is 1.36. The van der Waals surface area contributed by atoms with Crippen LogP contribution >= 0.6 is 7.82 Å². The van der Waals surface area contributed by atoms with Crippen LogP contribution in [0.5, 0.6) is 23.0 Å². The molecule has 19 heteroatoms. The third-order valence-electron chi connectivity index (χ3n) is 10.8. The number of carbonyl (C=O) groups excluding carboxylic acids is 2. The first-order valence-corrected chi connectivity index (χ1v) is 23.9. The van der Waals surface area contributed by atoms with Crippen LogP contribution in [0.4, 0.5) is 33.4 Å². The number of anilines is 5. The molecule has 0 radical (unpaired) electrons. The van der Waals surface area contributed by atoms with E-state index >= 15 is 0 Å². The molecule has 0 bridgehead atoms. The predicted octanol–water partition coefficient (Wildman–Crippen LogP) is 9.77. The molecule has 350 valence electrons. The van der Waals surface area contributed by atoms with Crippen molar-refractivity contribution in [2.45, 2.75) is 73.3 Å². The van der Waals surface area contributed by atoms with Gasteiger partial charge in [-0.25, -0.2) is 22.8 Å². The molecule has 65 heavy (non-hydrogen) atoms. The number of amides is 3. The number of nitrogens with zero attached hydrogens (tertiary/aromatic N) is 1. The van der Waals surface area contributed by atoms with Crippen molar-refractivity contribution >= 4 is 69.1 Å². The molecule has 3 amide bonds. The summed E-state index contributed by atoms with van der Waals surface area (Å²) in [5, 5.41) is 13.4. The van der Waals surface area contributed by atoms with Crippen LogP contribution < -0.4 is 40.2 Å². The topological polar surface area (TPSA) is 236 Å². The van der Waals surface area contributed by atoms with Gasteiger partial charge in [0.25, 0.3) is 5.91 Å². The number of urea groups is 1. The minimum Gasteiger partial charge on any atom is -0.496 e. The van der Waals surface area contributed by atoms with E-state index in [1.165, 1.54) is 14.2 Å². The third-order valence-corrected chi connectivity index (χ3v) is 11.9. The molecule has 0 aliphatic carbocycles. The quantitative estimate of drug-likeness (QED) is 0.0485. The highest BCUT2D eigenvalue weighted by Crippen LogP contribution is 2.48. The minimum absolute atomic E-state index is 0.145. The fourth-order valence-electron chi connectivity index (χ4n) is 7.58. The zero-order valence-corrected chi connectivity index (χ0v) is 40.4. The number of phosphoric acid groups is 1. The zero-order valence-electron chi connectivity index (χ0n) is 38.7. The molecule has 0 aliphatic heterocycles. The van der Waals surface area contributed by atoms with Gasteiger partial charge in [-0.1, -0.05) is 86.6 Å². The fraction of sp³-hybridized carbons (Fsp3) is 0.370. The van der Waals surface area contributed by atoms with E-state index in [1.54, 1.807) is 60.8 Å². The Hall–Kier alpha value is -5.91. The molecule has 0 fully saturated rings. The number of fused-ring (bicyclic) bond motifs is 1. The molecule has 0 aliphatic rings. The van der Waals surface area contributed by atoms with Crippen molar-refractivity contribution in [2.24, 2.45) is 10.8 Å². The van der Waals surface area contributed by atoms with E-state index in [9.17, 15) is 32.4 Å². The number of hydrogen-bond acceptors (Lipinski definition) is 11. The smallest absolute Gasteiger partial charge is 0.469 e. The van der Waals surface area contributed by atoms with Crippen molar-refractivity contribution in [1.29, 1.82) is 0 Å². The van der Waals surface area contributed by atoms with Crippen molar-refractivity contribution < 1.29 is 51.1 Å². The maximum atomic E-state index is 14.0. The van der Waals surface area contributed by atoms with Gasteiger partial charge in [-0.05, 0) is 64.3 Å². The predicted molar refractivity (Wildman–Crippen MR) is 254 cm³/mol. The molecule has 0 spiro atoms. The molecule has 5 rings (SSSR count). The van der Waals surface area contributed by atoms with Crippen molar-refractivity contribution in [3.8, 4) is 23.0 Å². The molecule has 0 saturated carbocycles. The lowest BCUT2D eigenvalue weighted by Gasteiger charge is -2.53. The number of carbonyl (C=O) groups is 2. The van der Waals surface area contributed by atoms with E-state index < -0.39 is 58.2 Å². The largest absolute Gasteiger partial charge is 0.496 e. The van der Waals surface area contributed by atoms with Gasteiger partial charge < -0.3 is 45.3 Å². The summed E-state index contributed by atoms with van der Waals surface area (Å²) in [6.07, 6.45) is 2.60. The van der Waals surface area contributed by atoms with E-state index in [4.69, 9.17) is 18.7 Å². The lowest BCUT2D eigenvalue weighted by molar-refractivity contribution is -0.0211. The first kappa shape index (κ1) is 50.1. The molecule has 7 N–H and O–H groups in total. The lowest BCUT2D eigenvalue weighted by atomic mass is 9.60. The zero-order chi connectivity index (χ0) is 48.3. The van der Waals surface area contributed by atoms with Crippen LogP contribution in [0.1, 0.15) is 78.2 Å². The van der Waals surface area contributed by atoms with E-state index in [1.807, 2.05) is 86.6 Å². The molecule has 4 aromatic carbocycles. The summed E-state index contributed by atoms with van der Waals surface area (Å²) in [4.78, 5) is 51.1. The highest BCUT2D eigenvalue weighted by Gasteiger charge is 2.53. The number of rotatable bonds is 15. The number of aromatic nitrogens is 1. The molecular weight excluding hydrogens is 876 g/mol. The molecule has 17 nitrogen and oxygen atoms in total. The molecule has 0 saturated heterocycles. The molecule has 0 unspecified atom stereocenters. The average Bonchev–Trinajstić information content (AvgIpc) is 3.18. The van der Waals surface area contributed by atoms with Crippen LogP contribution in [-0.2, 0) is 24.5 Å². The van der Waals surface area contributed by atoms with Gasteiger partial charge in [0.1, 0.15) is 23.1 Å². The second-order valence-electron chi connectivity index (χ2n) is 18.6. The summed E-state index contributed by atoms with van der Waals surface area (Å²) < 4.78 is 61.3. The third kappa shape index (κ3) is 12.3. The Morgan fingerprint density at radius 3 is 1.97 bits per heavy atom. The van der Waals surface area contributed by atoms with Gasteiger partial charge in [0, 0.05) is 34.8 Å². The summed E-state index contributed by atoms with van der Waals surface area (Å²) in [6, 6.07) is 21.9. The summed E-state index contributed by atoms with van der Waals surface area (Å²) in [5.74, 6) is 1.19. The number of sulfonamides is 1. The van der Waals surface area contributed by atoms with Gasteiger partial charge in [-0.2, -0.15) is 0 Å². The normalized spacial score (nSPS) is 12.6. The van der Waals surface area contributed by atoms with Gasteiger partial charge in [-0.3, -0.25) is 14.0 Å². The van der Waals surface area contributed by atoms with Crippen LogP contribution in [0, 0.1) is 10.8 Å². The molecule has 5 aromatic rings. The average molecular weight is 935 g/mol. The standard InChI is InChI=1S/C46H59N6O11PS/c1-43(2,3)28-23-35(40(61-11)36(24-28)52-65(12,58)59)50-42(54)49-34-19-20-37(32-16-14-13-15-31(32)34)63-30-21-22-47-39(26-30)48-29-17-18-33(38(25-29)60-10)41(53)51-46(44(4,5)6,45(7,8)9)27-62-64(55,56)57/h13-26,52H,27H2,1-12H3,(H,47,48)(H,51,53)(H2,49,50,54)(H2,55,56,57). The van der Waals surface area contributed by atoms with E-state index in [0.717, 1.165) is 11.8 Å². The number of ether oxygens (including phenoxy) is 3. The van der Waals surface area contributed by atoms with E-state index in [0.29, 0.717) is 39.5 Å². The van der Waals surface area contributed by atoms with Crippen molar-refractivity contribution in [2.75, 3.05) is 47.8 Å². The van der Waals surface area contributed by atoms with Gasteiger partial charge in [0.2, 0.25) is 10.0 Å². The molecule has 1 heterocycles. The second-order valence-corrected chi connectivity index (χ2v) is 21.6. The van der Waals surface area contributed by atoms with E-state index in [-0.39, 0.29) is 28.4 Å². The Morgan fingerprint density at radius 2 is 1.38 bits per heavy atom. The van der Waals surface area contributed by atoms with Crippen molar-refractivity contribution in [3.63, 3.8) is 0 Å². The van der Waals surface area contributed by atoms with Crippen molar-refractivity contribution in [1.82, 2.24) is 10.3 Å². The Morgan fingerprint density at radius 1 is 0.754 bits per heavy atom. The maximum absolute atomic E-state index is 14.0. The molecular formula is C46H59N6O11PS. The maximum Gasteiger partial charge on any atom is 0.469 e. The Kier molecular flexibility index (Phi) is 14.6. The highest BCUT2D eigenvalue weighted by atomic mass is 32.2. The summed E-state index contributed by atoms with van der Waals surface area (Å²) in [5.41, 5.74) is -0.640. The van der Waals surface area contributed by atoms with Gasteiger partial charge in [0.05, 0.1) is 55.2 Å². The van der Waals surface area contributed by atoms with Crippen LogP contribution in [-0.4, -0.2) is 67.7 Å². The first-order chi connectivity index (χ1) is 30.0. The van der Waals surface area contributed by atoms with Gasteiger partial charge >= 0.3 is 13.9 Å². The van der Waals surface area contributed by atoms with Crippen LogP contribution in [0.3, 0.4) is 0 Å². The monoisotopic (exact) mass is 934 g/mol. The Bertz CT molecular complexity index is 2730. The van der Waals surface area contributed by atoms with Gasteiger partial charge in [0.15, 0.2) is 5.75 Å². The number of nitrogens with one attached hydrogen (secondary N) is 5. The van der Waals surface area contributed by atoms with Crippen molar-refractivity contribution in [3.05, 3.63) is 96.2 Å². The Labute approximate surface area is 380 Å². The number of phosphoric ester groups is 1. The number of hydrogen-bond donors (Lipinski definition) is 7. The lowest BCUT2D eigenvalue weighted by Crippen LogP contribution is -2.67. The van der Waals surface area contributed by atoms with Crippen LogP contribution in [0.15, 0.2) is 85.1 Å². The number of methoxy groups -OCH3 is 2. The fourth-order valence-corrected chi connectivity index (χ4v) is 8.49. The SMILES string of the molecule is COc1cc(Nc2cc(Oc3ccc(NC(=O)Nc4cc(C(C)(C)C)cc(NS(C)(=O)=O)c4OC)c4ccccc34)ccn2)ccc1C(=O)NC(COP(=O)(O)O)(C(C)(C)C)C(C)(C)C. The van der Waals surface area contributed by atoms with E-state index in [2.05, 4.69) is 31.0 Å². The van der Waals surface area contributed by atoms with Crippen LogP contribution in [0.25, 0.3) is 10.8 Å². The second kappa shape index (κ2) is 18.9. The summed E-state index contributed by atoms with van der Waals surface area (Å²) in [6.45, 7) is 16.6. The summed E-state index contributed by atoms with van der Waals surface area (Å²) in [7, 11) is -5.72. The number of benzene rings is 4. The number of pyridine rings is 1. The summed E-state index contributed by atoms with van der Waals surface area (Å²) >= 11 is 0. The van der Waals surface area contributed by atoms with Crippen LogP contribution in [0.2, 0.25) is 0 Å². The first-order valence-electron chi connectivity index (χ1n) is 20.5.